The van der Waals surface area contributed by atoms with E-state index >= 15 is 0 Å². The molecule has 0 saturated carbocycles. The highest BCUT2D eigenvalue weighted by Gasteiger charge is 2.30. The predicted molar refractivity (Wildman–Crippen MR) is 105 cm³/mol. The summed E-state index contributed by atoms with van der Waals surface area (Å²) in [4.78, 5) is 14.6. The Kier molecular flexibility index (Phi) is 6.33. The Labute approximate surface area is 165 Å². The molecular weight excluding hydrogens is 380 g/mol. The molecule has 0 radical (unpaired) electrons. The fourth-order valence-electron chi connectivity index (χ4n) is 3.12. The Morgan fingerprint density at radius 3 is 2.07 bits per heavy atom. The lowest BCUT2D eigenvalue weighted by molar-refractivity contribution is 0.0698. The maximum absolute atomic E-state index is 12.8. The molecule has 0 atom stereocenters. The van der Waals surface area contributed by atoms with Crippen LogP contribution in [0.4, 0.5) is 0 Å². The highest BCUT2D eigenvalue weighted by Crippen LogP contribution is 2.21. The Morgan fingerprint density at radius 2 is 1.54 bits per heavy atom. The second-order valence-electron chi connectivity index (χ2n) is 6.50. The van der Waals surface area contributed by atoms with E-state index in [9.17, 15) is 13.2 Å². The van der Waals surface area contributed by atoms with Gasteiger partial charge in [-0.15, -0.1) is 0 Å². The van der Waals surface area contributed by atoms with Gasteiger partial charge in [-0.1, -0.05) is 12.1 Å². The standard InChI is InChI=1S/C20H24N2O5S/c1-26-15-16-3-5-17(6-4-16)20(23)21-11-13-22(14-12-21)28(24,25)19-9-7-18(27-2)8-10-19/h3-10H,11-15H2,1-2H3. The molecule has 0 aromatic heterocycles. The quantitative estimate of drug-likeness (QED) is 0.736. The number of sulfonamides is 1. The van der Waals surface area contributed by atoms with E-state index in [2.05, 4.69) is 0 Å². The Bertz CT molecular complexity index is 903. The summed E-state index contributed by atoms with van der Waals surface area (Å²) in [6.45, 7) is 1.74. The monoisotopic (exact) mass is 404 g/mol. The molecule has 3 rings (SSSR count). The summed E-state index contributed by atoms with van der Waals surface area (Å²) in [5.74, 6) is 0.511. The van der Waals surface area contributed by atoms with Gasteiger partial charge in [-0.25, -0.2) is 8.42 Å². The predicted octanol–water partition coefficient (Wildman–Crippen LogP) is 1.99. The van der Waals surface area contributed by atoms with Crippen molar-refractivity contribution in [2.24, 2.45) is 0 Å². The molecule has 0 N–H and O–H groups in total. The molecule has 0 unspecified atom stereocenters. The zero-order chi connectivity index (χ0) is 20.1. The van der Waals surface area contributed by atoms with Crippen LogP contribution in [0, 0.1) is 0 Å². The molecule has 0 spiro atoms. The highest BCUT2D eigenvalue weighted by molar-refractivity contribution is 7.89. The number of ether oxygens (including phenoxy) is 2. The number of amides is 1. The summed E-state index contributed by atoms with van der Waals surface area (Å²) in [5.41, 5.74) is 1.58. The number of nitrogens with zero attached hydrogens (tertiary/aromatic N) is 2. The van der Waals surface area contributed by atoms with Gasteiger partial charge in [0.05, 0.1) is 18.6 Å². The Morgan fingerprint density at radius 1 is 0.929 bits per heavy atom. The molecule has 1 aliphatic heterocycles. The van der Waals surface area contributed by atoms with Crippen LogP contribution in [0.15, 0.2) is 53.4 Å². The van der Waals surface area contributed by atoms with Crippen molar-refractivity contribution in [2.75, 3.05) is 40.4 Å². The number of carbonyl (C=O) groups excluding carboxylic acids is 1. The first-order valence-corrected chi connectivity index (χ1v) is 10.4. The van der Waals surface area contributed by atoms with Gasteiger partial charge in [-0.2, -0.15) is 4.31 Å². The lowest BCUT2D eigenvalue weighted by Gasteiger charge is -2.34. The van der Waals surface area contributed by atoms with Crippen molar-refractivity contribution < 1.29 is 22.7 Å². The Hall–Kier alpha value is -2.42. The van der Waals surface area contributed by atoms with Gasteiger partial charge >= 0.3 is 0 Å². The number of rotatable bonds is 6. The lowest BCUT2D eigenvalue weighted by atomic mass is 10.1. The topological polar surface area (TPSA) is 76.2 Å². The molecule has 7 nitrogen and oxygen atoms in total. The van der Waals surface area contributed by atoms with E-state index in [1.165, 1.54) is 23.5 Å². The molecular formula is C20H24N2O5S. The van der Waals surface area contributed by atoms with Crippen molar-refractivity contribution in [3.05, 3.63) is 59.7 Å². The number of carbonyl (C=O) groups is 1. The van der Waals surface area contributed by atoms with Crippen molar-refractivity contribution in [1.29, 1.82) is 0 Å². The summed E-state index contributed by atoms with van der Waals surface area (Å²) in [5, 5.41) is 0. The van der Waals surface area contributed by atoms with Crippen LogP contribution in [-0.2, 0) is 21.4 Å². The highest BCUT2D eigenvalue weighted by atomic mass is 32.2. The van der Waals surface area contributed by atoms with Gasteiger partial charge in [0.15, 0.2) is 0 Å². The van der Waals surface area contributed by atoms with E-state index in [1.807, 2.05) is 12.1 Å². The lowest BCUT2D eigenvalue weighted by Crippen LogP contribution is -2.50. The van der Waals surface area contributed by atoms with Crippen LogP contribution < -0.4 is 4.74 Å². The van der Waals surface area contributed by atoms with Crippen LogP contribution in [0.3, 0.4) is 0 Å². The van der Waals surface area contributed by atoms with Gasteiger partial charge in [-0.05, 0) is 42.0 Å². The normalized spacial score (nSPS) is 15.4. The zero-order valence-electron chi connectivity index (χ0n) is 16.0. The summed E-state index contributed by atoms with van der Waals surface area (Å²) >= 11 is 0. The van der Waals surface area contributed by atoms with E-state index in [-0.39, 0.29) is 23.9 Å². The fourth-order valence-corrected chi connectivity index (χ4v) is 4.54. The van der Waals surface area contributed by atoms with E-state index in [4.69, 9.17) is 9.47 Å². The van der Waals surface area contributed by atoms with Crippen LogP contribution in [-0.4, -0.2) is 63.9 Å². The van der Waals surface area contributed by atoms with Crippen LogP contribution in [0.1, 0.15) is 15.9 Å². The molecule has 2 aromatic carbocycles. The van der Waals surface area contributed by atoms with Crippen molar-refractivity contribution in [2.45, 2.75) is 11.5 Å². The smallest absolute Gasteiger partial charge is 0.253 e. The third kappa shape index (κ3) is 4.35. The molecule has 28 heavy (non-hydrogen) atoms. The maximum atomic E-state index is 12.8. The van der Waals surface area contributed by atoms with Crippen molar-refractivity contribution in [3.63, 3.8) is 0 Å². The maximum Gasteiger partial charge on any atom is 0.253 e. The Balaban J connectivity index is 1.63. The minimum absolute atomic E-state index is 0.0922. The van der Waals surface area contributed by atoms with E-state index in [0.717, 1.165) is 5.56 Å². The van der Waals surface area contributed by atoms with Crippen molar-refractivity contribution in [1.82, 2.24) is 9.21 Å². The fraction of sp³-hybridized carbons (Fsp3) is 0.350. The molecule has 1 saturated heterocycles. The first kappa shape index (κ1) is 20.3. The molecule has 0 aliphatic carbocycles. The largest absolute Gasteiger partial charge is 0.497 e. The third-order valence-corrected chi connectivity index (χ3v) is 6.65. The van der Waals surface area contributed by atoms with Gasteiger partial charge in [0.1, 0.15) is 5.75 Å². The molecule has 1 amide bonds. The van der Waals surface area contributed by atoms with Crippen molar-refractivity contribution >= 4 is 15.9 Å². The van der Waals surface area contributed by atoms with Gasteiger partial charge in [-0.3, -0.25) is 4.79 Å². The van der Waals surface area contributed by atoms with Gasteiger partial charge < -0.3 is 14.4 Å². The molecule has 150 valence electrons. The first-order chi connectivity index (χ1) is 13.5. The molecule has 8 heteroatoms. The molecule has 2 aromatic rings. The van der Waals surface area contributed by atoms with Crippen LogP contribution in [0.5, 0.6) is 5.75 Å². The molecule has 1 fully saturated rings. The summed E-state index contributed by atoms with van der Waals surface area (Å²) < 4.78 is 37.2. The van der Waals surface area contributed by atoms with Crippen LogP contribution >= 0.6 is 0 Å². The molecule has 1 heterocycles. The number of benzene rings is 2. The second-order valence-corrected chi connectivity index (χ2v) is 8.44. The number of hydrogen-bond acceptors (Lipinski definition) is 5. The third-order valence-electron chi connectivity index (χ3n) is 4.73. The van der Waals surface area contributed by atoms with Crippen molar-refractivity contribution in [3.8, 4) is 5.75 Å². The summed E-state index contributed by atoms with van der Waals surface area (Å²) in [6.07, 6.45) is 0. The minimum Gasteiger partial charge on any atom is -0.497 e. The number of methoxy groups -OCH3 is 2. The van der Waals surface area contributed by atoms with E-state index < -0.39 is 10.0 Å². The van der Waals surface area contributed by atoms with Gasteiger partial charge in [0, 0.05) is 38.9 Å². The SMILES string of the molecule is COCc1ccc(C(=O)N2CCN(S(=O)(=O)c3ccc(OC)cc3)CC2)cc1. The van der Waals surface area contributed by atoms with Gasteiger partial charge in [0.2, 0.25) is 10.0 Å². The second kappa shape index (κ2) is 8.72. The van der Waals surface area contributed by atoms with Crippen LogP contribution in [0.2, 0.25) is 0 Å². The van der Waals surface area contributed by atoms with E-state index in [0.29, 0.717) is 31.0 Å². The summed E-state index contributed by atoms with van der Waals surface area (Å²) in [7, 11) is -0.431. The zero-order valence-corrected chi connectivity index (χ0v) is 16.8. The minimum atomic E-state index is -3.59. The number of hydrogen-bond donors (Lipinski definition) is 0. The first-order valence-electron chi connectivity index (χ1n) is 8.97. The van der Waals surface area contributed by atoms with Gasteiger partial charge in [0.25, 0.3) is 5.91 Å². The summed E-state index contributed by atoms with van der Waals surface area (Å²) in [6, 6.07) is 13.6. The molecule has 1 aliphatic rings. The average Bonchev–Trinajstić information content (AvgIpc) is 2.74. The van der Waals surface area contributed by atoms with Crippen LogP contribution in [0.25, 0.3) is 0 Å². The average molecular weight is 404 g/mol. The number of piperazine rings is 1. The molecule has 0 bridgehead atoms. The van der Waals surface area contributed by atoms with E-state index in [1.54, 1.807) is 36.3 Å².